The highest BCUT2D eigenvalue weighted by Gasteiger charge is 2.46. The summed E-state index contributed by atoms with van der Waals surface area (Å²) in [5, 5.41) is 1.25. The van der Waals surface area contributed by atoms with E-state index in [9.17, 15) is 19.2 Å². The van der Waals surface area contributed by atoms with E-state index in [1.807, 2.05) is 6.92 Å². The number of carbonyl (C=O) groups excluding carboxylic acids is 4. The second-order valence-electron chi connectivity index (χ2n) is 7.96. The highest BCUT2D eigenvalue weighted by Crippen LogP contribution is 2.34. The maximum Gasteiger partial charge on any atom is 0.273 e. The lowest BCUT2D eigenvalue weighted by molar-refractivity contribution is -0.122. The lowest BCUT2D eigenvalue weighted by Crippen LogP contribution is -2.54. The Labute approximate surface area is 207 Å². The predicted molar refractivity (Wildman–Crippen MR) is 130 cm³/mol. The van der Waals surface area contributed by atoms with Crippen LogP contribution in [0, 0.1) is 6.92 Å². The van der Waals surface area contributed by atoms with E-state index in [1.54, 1.807) is 60.7 Å². The Balaban J connectivity index is 1.71. The molecule has 8 nitrogen and oxygen atoms in total. The molecule has 178 valence electrons. The molecule has 1 aliphatic heterocycles. The molecule has 0 spiro atoms. The lowest BCUT2D eigenvalue weighted by atomic mass is 10.1. The van der Waals surface area contributed by atoms with Gasteiger partial charge in [0.15, 0.2) is 0 Å². The van der Waals surface area contributed by atoms with Crippen LogP contribution in [0.3, 0.4) is 0 Å². The van der Waals surface area contributed by atoms with Gasteiger partial charge in [0.05, 0.1) is 19.2 Å². The van der Waals surface area contributed by atoms with Gasteiger partial charge in [0, 0.05) is 16.1 Å². The molecule has 1 N–H and O–H groups in total. The summed E-state index contributed by atoms with van der Waals surface area (Å²) in [4.78, 5) is 53.9. The van der Waals surface area contributed by atoms with Gasteiger partial charge in [-0.25, -0.2) is 9.91 Å². The standard InChI is InChI=1S/C26H22ClN3O5/c1-16-11-12-22(35-2)20(13-16)29-23(31)15-21(26(29)34)30(25(33)17-7-4-3-5-8-17)28-24(32)18-9-6-10-19(27)14-18/h3-14,21H,15H2,1-2H3,(H,28,32). The molecule has 1 unspecified atom stereocenters. The smallest absolute Gasteiger partial charge is 0.273 e. The Morgan fingerprint density at radius 3 is 2.40 bits per heavy atom. The molecule has 1 saturated heterocycles. The van der Waals surface area contributed by atoms with Gasteiger partial charge >= 0.3 is 0 Å². The highest BCUT2D eigenvalue weighted by molar-refractivity contribution is 6.31. The van der Waals surface area contributed by atoms with Crippen LogP contribution in [0.2, 0.25) is 5.02 Å². The SMILES string of the molecule is COc1ccc(C)cc1N1C(=O)CC(N(NC(=O)c2cccc(Cl)c2)C(=O)c2ccccc2)C1=O. The maximum absolute atomic E-state index is 13.5. The number of ether oxygens (including phenoxy) is 1. The first-order valence-electron chi connectivity index (χ1n) is 10.8. The molecule has 0 aromatic heterocycles. The Kier molecular flexibility index (Phi) is 6.84. The summed E-state index contributed by atoms with van der Waals surface area (Å²) in [5.74, 6) is -2.13. The van der Waals surface area contributed by atoms with Gasteiger partial charge < -0.3 is 4.74 Å². The second kappa shape index (κ2) is 9.99. The number of nitrogens with zero attached hydrogens (tertiary/aromatic N) is 2. The Hall–Kier alpha value is -4.17. The van der Waals surface area contributed by atoms with Crippen LogP contribution in [0.4, 0.5) is 5.69 Å². The van der Waals surface area contributed by atoms with Crippen molar-refractivity contribution in [1.29, 1.82) is 0 Å². The van der Waals surface area contributed by atoms with Crippen LogP contribution < -0.4 is 15.1 Å². The van der Waals surface area contributed by atoms with Crippen LogP contribution in [0.25, 0.3) is 0 Å². The van der Waals surface area contributed by atoms with Gasteiger partial charge in [-0.3, -0.25) is 24.6 Å². The minimum absolute atomic E-state index is 0.192. The minimum atomic E-state index is -1.26. The van der Waals surface area contributed by atoms with Crippen LogP contribution >= 0.6 is 11.6 Å². The fourth-order valence-electron chi connectivity index (χ4n) is 3.84. The molecule has 0 saturated carbocycles. The summed E-state index contributed by atoms with van der Waals surface area (Å²) in [6.45, 7) is 1.82. The molecule has 1 atom stereocenters. The molecule has 3 aromatic carbocycles. The van der Waals surface area contributed by atoms with Crippen LogP contribution in [-0.2, 0) is 9.59 Å². The first kappa shape index (κ1) is 24.0. The molecule has 3 aromatic rings. The van der Waals surface area contributed by atoms with Crippen LogP contribution in [0.5, 0.6) is 5.75 Å². The number of anilines is 1. The molecule has 4 amide bonds. The van der Waals surface area contributed by atoms with Crippen LogP contribution in [-0.4, -0.2) is 41.8 Å². The van der Waals surface area contributed by atoms with Crippen LogP contribution in [0.1, 0.15) is 32.7 Å². The van der Waals surface area contributed by atoms with E-state index in [1.165, 1.54) is 19.2 Å². The second-order valence-corrected chi connectivity index (χ2v) is 8.39. The number of hydrogen-bond acceptors (Lipinski definition) is 5. The highest BCUT2D eigenvalue weighted by atomic mass is 35.5. The number of halogens is 1. The Bertz CT molecular complexity index is 1310. The lowest BCUT2D eigenvalue weighted by Gasteiger charge is -2.28. The predicted octanol–water partition coefficient (Wildman–Crippen LogP) is 3.78. The molecule has 0 bridgehead atoms. The Morgan fingerprint density at radius 1 is 1.00 bits per heavy atom. The van der Waals surface area contributed by atoms with E-state index in [0.717, 1.165) is 15.5 Å². The first-order valence-corrected chi connectivity index (χ1v) is 11.1. The monoisotopic (exact) mass is 491 g/mol. The number of benzene rings is 3. The Morgan fingerprint density at radius 2 is 1.71 bits per heavy atom. The number of methoxy groups -OCH3 is 1. The fraction of sp³-hybridized carbons (Fsp3) is 0.154. The zero-order valence-corrected chi connectivity index (χ0v) is 19.8. The van der Waals surface area contributed by atoms with Crippen LogP contribution in [0.15, 0.2) is 72.8 Å². The summed E-state index contributed by atoms with van der Waals surface area (Å²) >= 11 is 6.00. The van der Waals surface area contributed by atoms with E-state index in [4.69, 9.17) is 16.3 Å². The van der Waals surface area contributed by atoms with Gasteiger partial charge in [-0.05, 0) is 55.0 Å². The van der Waals surface area contributed by atoms with Crippen molar-refractivity contribution in [2.45, 2.75) is 19.4 Å². The van der Waals surface area contributed by atoms with Crippen molar-refractivity contribution >= 4 is 40.9 Å². The number of amides is 4. The third-order valence-electron chi connectivity index (χ3n) is 5.56. The van der Waals surface area contributed by atoms with Gasteiger partial charge in [-0.15, -0.1) is 0 Å². The van der Waals surface area contributed by atoms with E-state index in [-0.39, 0.29) is 23.2 Å². The van der Waals surface area contributed by atoms with Gasteiger partial charge in [-0.1, -0.05) is 41.9 Å². The molecular weight excluding hydrogens is 470 g/mol. The summed E-state index contributed by atoms with van der Waals surface area (Å²) in [5.41, 5.74) is 4.04. The normalized spacial score (nSPS) is 15.2. The number of hydrogen-bond donors (Lipinski definition) is 1. The fourth-order valence-corrected chi connectivity index (χ4v) is 4.03. The minimum Gasteiger partial charge on any atom is -0.495 e. The van der Waals surface area contributed by atoms with Crippen molar-refractivity contribution in [3.63, 3.8) is 0 Å². The molecule has 35 heavy (non-hydrogen) atoms. The zero-order chi connectivity index (χ0) is 25.1. The number of imide groups is 1. The molecule has 1 aliphatic rings. The summed E-state index contributed by atoms with van der Waals surface area (Å²) < 4.78 is 5.35. The molecule has 0 aliphatic carbocycles. The third-order valence-corrected chi connectivity index (χ3v) is 5.79. The average molecular weight is 492 g/mol. The molecule has 0 radical (unpaired) electrons. The number of nitrogens with one attached hydrogen (secondary N) is 1. The topological polar surface area (TPSA) is 96.0 Å². The number of carbonyl (C=O) groups is 4. The summed E-state index contributed by atoms with van der Waals surface area (Å²) in [6, 6.07) is 18.2. The molecule has 1 heterocycles. The van der Waals surface area contributed by atoms with Crippen molar-refractivity contribution in [2.75, 3.05) is 12.0 Å². The molecule has 9 heteroatoms. The van der Waals surface area contributed by atoms with Crippen molar-refractivity contribution in [3.8, 4) is 5.75 Å². The average Bonchev–Trinajstić information content (AvgIpc) is 3.15. The van der Waals surface area contributed by atoms with E-state index >= 15 is 0 Å². The summed E-state index contributed by atoms with van der Waals surface area (Å²) in [6.07, 6.45) is -0.315. The maximum atomic E-state index is 13.5. The van der Waals surface area contributed by atoms with Crippen molar-refractivity contribution in [1.82, 2.24) is 10.4 Å². The number of rotatable bonds is 5. The summed E-state index contributed by atoms with van der Waals surface area (Å²) in [7, 11) is 1.44. The van der Waals surface area contributed by atoms with Crippen molar-refractivity contribution in [3.05, 3.63) is 94.5 Å². The van der Waals surface area contributed by atoms with Gasteiger partial charge in [0.25, 0.3) is 17.7 Å². The largest absolute Gasteiger partial charge is 0.495 e. The quantitative estimate of drug-likeness (QED) is 0.433. The van der Waals surface area contributed by atoms with Crippen molar-refractivity contribution < 1.29 is 23.9 Å². The van der Waals surface area contributed by atoms with E-state index in [2.05, 4.69) is 5.43 Å². The zero-order valence-electron chi connectivity index (χ0n) is 19.0. The molecular formula is C26H22ClN3O5. The first-order chi connectivity index (χ1) is 16.8. The van der Waals surface area contributed by atoms with Crippen molar-refractivity contribution in [2.24, 2.45) is 0 Å². The molecule has 1 fully saturated rings. The van der Waals surface area contributed by atoms with Gasteiger partial charge in [0.1, 0.15) is 11.8 Å². The van der Waals surface area contributed by atoms with E-state index in [0.29, 0.717) is 10.8 Å². The van der Waals surface area contributed by atoms with E-state index < -0.39 is 29.7 Å². The third kappa shape index (κ3) is 4.88. The number of aryl methyl sites for hydroxylation is 1. The van der Waals surface area contributed by atoms with Gasteiger partial charge in [-0.2, -0.15) is 0 Å². The van der Waals surface area contributed by atoms with Gasteiger partial charge in [0.2, 0.25) is 5.91 Å². The number of hydrazine groups is 1. The molecule has 4 rings (SSSR count).